The fourth-order valence-corrected chi connectivity index (χ4v) is 3.33. The highest BCUT2D eigenvalue weighted by Crippen LogP contribution is 2.38. The molecule has 1 aromatic carbocycles. The number of morpholine rings is 1. The van der Waals surface area contributed by atoms with Crippen molar-refractivity contribution in [3.63, 3.8) is 0 Å². The molecule has 0 unspecified atom stereocenters. The number of benzene rings is 1. The summed E-state index contributed by atoms with van der Waals surface area (Å²) < 4.78 is 5.92. The van der Waals surface area contributed by atoms with E-state index in [9.17, 15) is 4.79 Å². The van der Waals surface area contributed by atoms with Crippen molar-refractivity contribution in [2.75, 3.05) is 19.7 Å². The molecule has 3 rings (SSSR count). The molecule has 1 heterocycles. The average Bonchev–Trinajstić information content (AvgIpc) is 3.39. The van der Waals surface area contributed by atoms with Gasteiger partial charge in [-0.05, 0) is 30.7 Å². The number of hydrogen-bond donors (Lipinski definition) is 1. The van der Waals surface area contributed by atoms with Gasteiger partial charge in [0.15, 0.2) is 6.10 Å². The van der Waals surface area contributed by atoms with Crippen LogP contribution in [0.1, 0.15) is 44.7 Å². The number of nitrogens with zero attached hydrogens (tertiary/aromatic N) is 1. The fourth-order valence-electron chi connectivity index (χ4n) is 3.33. The summed E-state index contributed by atoms with van der Waals surface area (Å²) in [6, 6.07) is 11.0. The monoisotopic (exact) mass is 316 g/mol. The van der Waals surface area contributed by atoms with Crippen LogP contribution < -0.4 is 5.32 Å². The Bertz CT molecular complexity index is 513. The minimum Gasteiger partial charge on any atom is -0.365 e. The van der Waals surface area contributed by atoms with Crippen LogP contribution in [0.3, 0.4) is 0 Å². The van der Waals surface area contributed by atoms with Crippen molar-refractivity contribution in [1.82, 2.24) is 10.2 Å². The van der Waals surface area contributed by atoms with E-state index in [0.717, 1.165) is 19.5 Å². The highest BCUT2D eigenvalue weighted by Gasteiger charge is 2.43. The summed E-state index contributed by atoms with van der Waals surface area (Å²) in [5.41, 5.74) is 1.18. The molecule has 126 valence electrons. The summed E-state index contributed by atoms with van der Waals surface area (Å²) in [7, 11) is 0. The Morgan fingerprint density at radius 3 is 2.70 bits per heavy atom. The summed E-state index contributed by atoms with van der Waals surface area (Å²) in [4.78, 5) is 15.2. The molecule has 2 atom stereocenters. The van der Waals surface area contributed by atoms with E-state index in [0.29, 0.717) is 18.6 Å². The number of nitrogens with one attached hydrogen (secondary N) is 1. The van der Waals surface area contributed by atoms with Crippen LogP contribution in [-0.2, 0) is 9.53 Å². The van der Waals surface area contributed by atoms with Crippen LogP contribution in [-0.4, -0.2) is 42.6 Å². The third-order valence-electron chi connectivity index (χ3n) is 4.73. The van der Waals surface area contributed by atoms with Gasteiger partial charge in [0.05, 0.1) is 12.6 Å². The maximum absolute atomic E-state index is 12.7. The van der Waals surface area contributed by atoms with Gasteiger partial charge in [0.1, 0.15) is 0 Å². The summed E-state index contributed by atoms with van der Waals surface area (Å²) in [5.74, 6) is 0.625. The Kier molecular flexibility index (Phi) is 5.34. The molecule has 2 fully saturated rings. The first-order chi connectivity index (χ1) is 11.2. The molecule has 0 bridgehead atoms. The van der Waals surface area contributed by atoms with E-state index in [-0.39, 0.29) is 11.9 Å². The van der Waals surface area contributed by atoms with Gasteiger partial charge in [0.25, 0.3) is 5.91 Å². The van der Waals surface area contributed by atoms with E-state index in [1.54, 1.807) is 0 Å². The van der Waals surface area contributed by atoms with E-state index in [4.69, 9.17) is 4.74 Å². The third-order valence-corrected chi connectivity index (χ3v) is 4.73. The average molecular weight is 316 g/mol. The van der Waals surface area contributed by atoms with Crippen LogP contribution in [0.5, 0.6) is 0 Å². The van der Waals surface area contributed by atoms with Gasteiger partial charge >= 0.3 is 0 Å². The Morgan fingerprint density at radius 2 is 2.04 bits per heavy atom. The Balaban J connectivity index is 1.74. The second kappa shape index (κ2) is 7.45. The molecule has 1 aromatic rings. The molecule has 1 aliphatic carbocycles. The van der Waals surface area contributed by atoms with Gasteiger partial charge in [-0.15, -0.1) is 0 Å². The van der Waals surface area contributed by atoms with Crippen molar-refractivity contribution in [1.29, 1.82) is 0 Å². The molecular weight excluding hydrogens is 288 g/mol. The van der Waals surface area contributed by atoms with Gasteiger partial charge in [-0.2, -0.15) is 0 Å². The molecular formula is C19H28N2O2. The molecule has 0 radical (unpaired) electrons. The van der Waals surface area contributed by atoms with E-state index < -0.39 is 6.10 Å². The topological polar surface area (TPSA) is 41.6 Å². The van der Waals surface area contributed by atoms with Crippen LogP contribution in [0.15, 0.2) is 30.3 Å². The highest BCUT2D eigenvalue weighted by atomic mass is 16.5. The highest BCUT2D eigenvalue weighted by molar-refractivity contribution is 5.82. The smallest absolute Gasteiger partial charge is 0.251 e. The lowest BCUT2D eigenvalue weighted by atomic mass is 9.97. The molecule has 1 saturated heterocycles. The minimum atomic E-state index is -0.404. The predicted octanol–water partition coefficient (Wildman–Crippen LogP) is 2.75. The number of carbonyl (C=O) groups is 1. The number of rotatable bonds is 6. The normalized spacial score (nSPS) is 25.5. The first kappa shape index (κ1) is 16.5. The summed E-state index contributed by atoms with van der Waals surface area (Å²) in [6.07, 6.45) is 3.08. The van der Waals surface area contributed by atoms with Crippen molar-refractivity contribution < 1.29 is 9.53 Å². The second-order valence-corrected chi connectivity index (χ2v) is 7.09. The first-order valence-electron chi connectivity index (χ1n) is 8.87. The van der Waals surface area contributed by atoms with Gasteiger partial charge < -0.3 is 10.1 Å². The summed E-state index contributed by atoms with van der Waals surface area (Å²) in [6.45, 7) is 6.62. The molecule has 4 heteroatoms. The van der Waals surface area contributed by atoms with Crippen molar-refractivity contribution in [3.05, 3.63) is 35.9 Å². The summed E-state index contributed by atoms with van der Waals surface area (Å²) in [5, 5.41) is 3.07. The van der Waals surface area contributed by atoms with Gasteiger partial charge in [0, 0.05) is 19.1 Å². The standard InChI is InChI=1S/C19H28N2O2/c1-14(2)10-11-20-19(22)18-17(15-6-4-3-5-7-15)21(12-13-23-18)16-8-9-16/h3-7,14,16-18H,8-13H2,1-2H3,(H,20,22)/t17-,18+/m0/s1. The Labute approximate surface area is 139 Å². The van der Waals surface area contributed by atoms with Crippen LogP contribution in [0.4, 0.5) is 0 Å². The largest absolute Gasteiger partial charge is 0.365 e. The van der Waals surface area contributed by atoms with Crippen molar-refractivity contribution >= 4 is 5.91 Å². The lowest BCUT2D eigenvalue weighted by Crippen LogP contribution is -2.52. The molecule has 4 nitrogen and oxygen atoms in total. The lowest BCUT2D eigenvalue weighted by Gasteiger charge is -2.41. The van der Waals surface area contributed by atoms with Crippen LogP contribution in [0.25, 0.3) is 0 Å². The zero-order chi connectivity index (χ0) is 16.2. The quantitative estimate of drug-likeness (QED) is 0.877. The molecule has 1 saturated carbocycles. The molecule has 1 N–H and O–H groups in total. The van der Waals surface area contributed by atoms with Crippen LogP contribution >= 0.6 is 0 Å². The zero-order valence-electron chi connectivity index (χ0n) is 14.2. The lowest BCUT2D eigenvalue weighted by molar-refractivity contribution is -0.146. The van der Waals surface area contributed by atoms with Crippen LogP contribution in [0.2, 0.25) is 0 Å². The third kappa shape index (κ3) is 4.12. The van der Waals surface area contributed by atoms with Gasteiger partial charge in [-0.25, -0.2) is 0 Å². The maximum atomic E-state index is 12.7. The molecule has 1 amide bonds. The van der Waals surface area contributed by atoms with E-state index in [1.165, 1.54) is 18.4 Å². The van der Waals surface area contributed by atoms with Crippen molar-refractivity contribution in [2.45, 2.75) is 51.3 Å². The van der Waals surface area contributed by atoms with E-state index in [2.05, 4.69) is 36.2 Å². The molecule has 23 heavy (non-hydrogen) atoms. The van der Waals surface area contributed by atoms with E-state index >= 15 is 0 Å². The number of amides is 1. The SMILES string of the molecule is CC(C)CCNC(=O)[C@@H]1OCCN(C2CC2)[C@H]1c1ccccc1. The summed E-state index contributed by atoms with van der Waals surface area (Å²) >= 11 is 0. The number of hydrogen-bond acceptors (Lipinski definition) is 3. The van der Waals surface area contributed by atoms with Gasteiger partial charge in [-0.1, -0.05) is 44.2 Å². The maximum Gasteiger partial charge on any atom is 0.251 e. The van der Waals surface area contributed by atoms with Crippen molar-refractivity contribution in [2.24, 2.45) is 5.92 Å². The molecule has 1 aliphatic heterocycles. The minimum absolute atomic E-state index is 0.0323. The number of ether oxygens (including phenoxy) is 1. The van der Waals surface area contributed by atoms with Gasteiger partial charge in [0.2, 0.25) is 0 Å². The van der Waals surface area contributed by atoms with Crippen LogP contribution in [0, 0.1) is 5.92 Å². The molecule has 0 spiro atoms. The predicted molar refractivity (Wildman–Crippen MR) is 91.1 cm³/mol. The molecule has 2 aliphatic rings. The van der Waals surface area contributed by atoms with E-state index in [1.807, 2.05) is 18.2 Å². The molecule has 0 aromatic heterocycles. The fraction of sp³-hybridized carbons (Fsp3) is 0.632. The zero-order valence-corrected chi connectivity index (χ0v) is 14.2. The second-order valence-electron chi connectivity index (χ2n) is 7.09. The number of carbonyl (C=O) groups excluding carboxylic acids is 1. The Hall–Kier alpha value is -1.39. The van der Waals surface area contributed by atoms with Crippen molar-refractivity contribution in [3.8, 4) is 0 Å². The first-order valence-corrected chi connectivity index (χ1v) is 8.87. The Morgan fingerprint density at radius 1 is 1.30 bits per heavy atom. The van der Waals surface area contributed by atoms with Gasteiger partial charge in [-0.3, -0.25) is 9.69 Å².